The third kappa shape index (κ3) is 7.40. The Labute approximate surface area is 246 Å². The molecule has 0 fully saturated rings. The molecule has 2 aromatic carbocycles. The van der Waals surface area contributed by atoms with E-state index in [4.69, 9.17) is 0 Å². The Bertz CT molecular complexity index is 1420. The van der Waals surface area contributed by atoms with Crippen LogP contribution in [-0.4, -0.2) is 18.6 Å². The van der Waals surface area contributed by atoms with Gasteiger partial charge >= 0.3 is 0 Å². The maximum Gasteiger partial charge on any atom is 0.226 e. The zero-order chi connectivity index (χ0) is 31.9. The maximum absolute atomic E-state index is 13.7. The van der Waals surface area contributed by atoms with Crippen molar-refractivity contribution in [2.75, 3.05) is 0 Å². The summed E-state index contributed by atoms with van der Waals surface area (Å²) >= 11 is 0. The molecule has 0 amide bonds. The van der Waals surface area contributed by atoms with E-state index >= 15 is 0 Å². The minimum Gasteiger partial charge on any atom is -0.507 e. The van der Waals surface area contributed by atoms with Crippen molar-refractivity contribution >= 4 is 22.0 Å². The Morgan fingerprint density at radius 1 is 0.585 bits per heavy atom. The predicted octanol–water partition coefficient (Wildman–Crippen LogP) is 8.13. The highest BCUT2D eigenvalue weighted by molar-refractivity contribution is 7.99. The predicted molar refractivity (Wildman–Crippen MR) is 167 cm³/mol. The number of phenolic OH excluding ortho intramolecular Hbond substituents is 2. The van der Waals surface area contributed by atoms with Gasteiger partial charge in [-0.2, -0.15) is 10.5 Å². The van der Waals surface area contributed by atoms with E-state index in [2.05, 4.69) is 0 Å². The molecule has 220 valence electrons. The van der Waals surface area contributed by atoms with E-state index in [1.54, 1.807) is 36.4 Å². The van der Waals surface area contributed by atoms with Crippen LogP contribution in [0.5, 0.6) is 11.5 Å². The summed E-state index contributed by atoms with van der Waals surface area (Å²) in [6.45, 7) is 23.3. The molecule has 0 spiro atoms. The van der Waals surface area contributed by atoms with E-state index < -0.39 is 41.3 Å². The van der Waals surface area contributed by atoms with Gasteiger partial charge in [0, 0.05) is 22.3 Å². The molecule has 6 nitrogen and oxygen atoms in total. The summed E-state index contributed by atoms with van der Waals surface area (Å²) in [7, 11) is -4.50. The number of phenols is 2. The second-order valence-corrected chi connectivity index (χ2v) is 16.6. The molecule has 41 heavy (non-hydrogen) atoms. The summed E-state index contributed by atoms with van der Waals surface area (Å²) < 4.78 is 27.4. The van der Waals surface area contributed by atoms with Gasteiger partial charge in [0.25, 0.3) is 0 Å². The fourth-order valence-electron chi connectivity index (χ4n) is 4.53. The largest absolute Gasteiger partial charge is 0.507 e. The number of hydrogen-bond acceptors (Lipinski definition) is 6. The number of sulfone groups is 1. The summed E-state index contributed by atoms with van der Waals surface area (Å²) in [5.41, 5.74) is 1.54. The lowest BCUT2D eigenvalue weighted by molar-refractivity contribution is 0.422. The van der Waals surface area contributed by atoms with Gasteiger partial charge in [-0.1, -0.05) is 83.1 Å². The number of allylic oxidation sites excluding steroid dienone is 2. The number of nitriles is 2. The van der Waals surface area contributed by atoms with Crippen molar-refractivity contribution in [3.8, 4) is 23.6 Å². The Kier molecular flexibility index (Phi) is 9.05. The van der Waals surface area contributed by atoms with Gasteiger partial charge in [-0.25, -0.2) is 8.42 Å². The smallest absolute Gasteiger partial charge is 0.226 e. The number of aromatic hydroxyl groups is 2. The first kappa shape index (κ1) is 33.7. The lowest BCUT2D eigenvalue weighted by Gasteiger charge is -2.28. The first-order chi connectivity index (χ1) is 18.3. The molecule has 0 aliphatic carbocycles. The van der Waals surface area contributed by atoms with Gasteiger partial charge in [0.2, 0.25) is 9.84 Å². The van der Waals surface area contributed by atoms with Gasteiger partial charge in [-0.05, 0) is 69.2 Å². The average molecular weight is 577 g/mol. The van der Waals surface area contributed by atoms with E-state index in [0.717, 1.165) is 0 Å². The molecule has 0 bridgehead atoms. The number of rotatable bonds is 4. The van der Waals surface area contributed by atoms with Crippen LogP contribution in [0.4, 0.5) is 0 Å². The lowest BCUT2D eigenvalue weighted by Crippen LogP contribution is -2.17. The normalized spacial score (nSPS) is 14.0. The number of nitrogens with zero attached hydrogens (tertiary/aromatic N) is 2. The molecular formula is C34H44N2O4S. The molecule has 0 heterocycles. The molecule has 0 unspecified atom stereocenters. The molecule has 2 N–H and O–H groups in total. The van der Waals surface area contributed by atoms with Gasteiger partial charge in [0.05, 0.1) is 0 Å². The van der Waals surface area contributed by atoms with E-state index in [-0.39, 0.29) is 11.5 Å². The summed E-state index contributed by atoms with van der Waals surface area (Å²) in [5.74, 6) is 0.274. The third-order valence-corrected chi connectivity index (χ3v) is 8.47. The fraction of sp³-hybridized carbons (Fsp3) is 0.471. The molecule has 0 atom stereocenters. The molecular weight excluding hydrogens is 532 g/mol. The van der Waals surface area contributed by atoms with Crippen LogP contribution in [0.1, 0.15) is 116 Å². The molecule has 0 aliphatic rings. The molecule has 7 heteroatoms. The SMILES string of the molecule is CC(C)(C)c1cc(/C=C(\C#N)S(=O)(=O)/C(C#N)=C/c2cc(C(C)(C)C)c(O)c(C(C)(C)C)c2)cc(C(C)(C)C)c1O. The molecule has 0 aromatic heterocycles. The van der Waals surface area contributed by atoms with Crippen LogP contribution in [0.15, 0.2) is 34.1 Å². The average Bonchev–Trinajstić information content (AvgIpc) is 2.79. The standard InChI is InChI=1S/C34H44N2O4S/c1-31(2,3)25-15-21(16-26(29(25)37)32(4,5)6)13-23(19-35)41(39,40)24(20-36)14-22-17-27(33(7,8)9)30(38)28(18-22)34(10,11)12/h13-18,37-38H,1-12H3/b23-13+,24-14+. The Balaban J connectivity index is 2.86. The monoisotopic (exact) mass is 576 g/mol. The van der Waals surface area contributed by atoms with Gasteiger partial charge in [0.1, 0.15) is 23.6 Å². The molecule has 2 rings (SSSR count). The van der Waals surface area contributed by atoms with Gasteiger partial charge in [-0.15, -0.1) is 0 Å². The summed E-state index contributed by atoms with van der Waals surface area (Å²) in [6.07, 6.45) is 2.50. The Hall–Kier alpha value is -3.55. The van der Waals surface area contributed by atoms with E-state index in [9.17, 15) is 29.2 Å². The first-order valence-electron chi connectivity index (χ1n) is 13.6. The van der Waals surface area contributed by atoms with Crippen LogP contribution in [0.2, 0.25) is 0 Å². The zero-order valence-electron chi connectivity index (χ0n) is 26.5. The van der Waals surface area contributed by atoms with Crippen molar-refractivity contribution in [3.05, 3.63) is 67.5 Å². The van der Waals surface area contributed by atoms with Crippen molar-refractivity contribution in [2.24, 2.45) is 0 Å². The number of hydrogen-bond donors (Lipinski definition) is 2. The van der Waals surface area contributed by atoms with Crippen molar-refractivity contribution in [1.29, 1.82) is 10.5 Å². The van der Waals surface area contributed by atoms with E-state index in [0.29, 0.717) is 33.4 Å². The molecule has 2 aromatic rings. The topological polar surface area (TPSA) is 122 Å². The van der Waals surface area contributed by atoms with Gasteiger partial charge < -0.3 is 10.2 Å². The number of benzene rings is 2. The highest BCUT2D eigenvalue weighted by Crippen LogP contribution is 2.42. The van der Waals surface area contributed by atoms with Crippen LogP contribution in [0.25, 0.3) is 12.2 Å². The van der Waals surface area contributed by atoms with Crippen LogP contribution in [-0.2, 0) is 31.5 Å². The van der Waals surface area contributed by atoms with Gasteiger partial charge in [-0.3, -0.25) is 0 Å². The fourth-order valence-corrected chi connectivity index (χ4v) is 5.59. The van der Waals surface area contributed by atoms with Crippen molar-refractivity contribution in [2.45, 2.75) is 105 Å². The minimum atomic E-state index is -4.50. The second kappa shape index (κ2) is 11.0. The molecule has 0 saturated heterocycles. The second-order valence-electron chi connectivity index (χ2n) is 14.7. The van der Waals surface area contributed by atoms with Crippen molar-refractivity contribution < 1.29 is 18.6 Å². The van der Waals surface area contributed by atoms with Crippen molar-refractivity contribution in [1.82, 2.24) is 0 Å². The summed E-state index contributed by atoms with van der Waals surface area (Å²) in [4.78, 5) is -1.16. The highest BCUT2D eigenvalue weighted by Gasteiger charge is 2.30. The Morgan fingerprint density at radius 3 is 0.976 bits per heavy atom. The lowest BCUT2D eigenvalue weighted by atomic mass is 9.78. The maximum atomic E-state index is 13.7. The first-order valence-corrected chi connectivity index (χ1v) is 15.1. The highest BCUT2D eigenvalue weighted by atomic mass is 32.2. The minimum absolute atomic E-state index is 0.137. The third-order valence-electron chi connectivity index (χ3n) is 6.89. The summed E-state index contributed by atoms with van der Waals surface area (Å²) in [6, 6.07) is 10.3. The van der Waals surface area contributed by atoms with Crippen LogP contribution >= 0.6 is 0 Å². The van der Waals surface area contributed by atoms with Crippen molar-refractivity contribution in [3.63, 3.8) is 0 Å². The zero-order valence-corrected chi connectivity index (χ0v) is 27.3. The van der Waals surface area contributed by atoms with Crippen LogP contribution in [0, 0.1) is 22.7 Å². The molecule has 0 aliphatic heterocycles. The van der Waals surface area contributed by atoms with E-state index in [1.165, 1.54) is 12.2 Å². The molecule has 0 radical (unpaired) electrons. The molecule has 0 saturated carbocycles. The Morgan fingerprint density at radius 2 is 0.805 bits per heavy atom. The quantitative estimate of drug-likeness (QED) is 0.354. The van der Waals surface area contributed by atoms with Crippen LogP contribution in [0.3, 0.4) is 0 Å². The van der Waals surface area contributed by atoms with Gasteiger partial charge in [0.15, 0.2) is 9.81 Å². The van der Waals surface area contributed by atoms with Crippen LogP contribution < -0.4 is 0 Å². The van der Waals surface area contributed by atoms with E-state index in [1.807, 2.05) is 83.1 Å². The summed E-state index contributed by atoms with van der Waals surface area (Å²) in [5, 5.41) is 42.0.